The minimum absolute atomic E-state index is 0.372. The van der Waals surface area contributed by atoms with E-state index in [1.165, 1.54) is 0 Å². The Morgan fingerprint density at radius 2 is 1.88 bits per heavy atom. The molecule has 0 aliphatic heterocycles. The van der Waals surface area contributed by atoms with Crippen molar-refractivity contribution in [1.82, 2.24) is 4.98 Å². The maximum absolute atomic E-state index is 5.78. The van der Waals surface area contributed by atoms with Crippen LogP contribution in [0.3, 0.4) is 0 Å². The van der Waals surface area contributed by atoms with Crippen LogP contribution in [-0.4, -0.2) is 4.98 Å². The lowest BCUT2D eigenvalue weighted by atomic mass is 10.3. The molecular formula is C12H9Cl2NO. The molecule has 0 atom stereocenters. The van der Waals surface area contributed by atoms with E-state index in [0.717, 1.165) is 5.56 Å². The summed E-state index contributed by atoms with van der Waals surface area (Å²) in [6.45, 7) is 0. The molecule has 4 heteroatoms. The van der Waals surface area contributed by atoms with Gasteiger partial charge in [0.25, 0.3) is 0 Å². The second-order valence-electron chi connectivity index (χ2n) is 3.16. The number of benzene rings is 1. The molecule has 0 N–H and O–H groups in total. The third kappa shape index (κ3) is 2.65. The van der Waals surface area contributed by atoms with Gasteiger partial charge in [0.1, 0.15) is 5.75 Å². The number of aromatic nitrogens is 1. The first kappa shape index (κ1) is 11.2. The molecule has 0 radical (unpaired) electrons. The topological polar surface area (TPSA) is 22.1 Å². The predicted octanol–water partition coefficient (Wildman–Crippen LogP) is 4.27. The lowest BCUT2D eigenvalue weighted by Crippen LogP contribution is -1.92. The van der Waals surface area contributed by atoms with Crippen molar-refractivity contribution in [3.63, 3.8) is 0 Å². The van der Waals surface area contributed by atoms with Crippen molar-refractivity contribution in [1.29, 1.82) is 0 Å². The lowest BCUT2D eigenvalue weighted by molar-refractivity contribution is 0.458. The van der Waals surface area contributed by atoms with Crippen LogP contribution in [0.5, 0.6) is 11.6 Å². The Labute approximate surface area is 104 Å². The molecule has 1 heterocycles. The van der Waals surface area contributed by atoms with Gasteiger partial charge in [0.2, 0.25) is 5.88 Å². The van der Waals surface area contributed by atoms with Crippen molar-refractivity contribution in [3.05, 3.63) is 53.2 Å². The Morgan fingerprint density at radius 1 is 1.12 bits per heavy atom. The van der Waals surface area contributed by atoms with Gasteiger partial charge >= 0.3 is 0 Å². The van der Waals surface area contributed by atoms with Gasteiger partial charge in [0.05, 0.1) is 5.88 Å². The van der Waals surface area contributed by atoms with E-state index in [2.05, 4.69) is 4.98 Å². The zero-order chi connectivity index (χ0) is 11.4. The van der Waals surface area contributed by atoms with Crippen LogP contribution < -0.4 is 4.74 Å². The quantitative estimate of drug-likeness (QED) is 0.763. The molecule has 16 heavy (non-hydrogen) atoms. The highest BCUT2D eigenvalue weighted by Gasteiger charge is 2.04. The Balaban J connectivity index is 2.23. The minimum Gasteiger partial charge on any atom is -0.439 e. The molecule has 0 bridgehead atoms. The molecule has 1 aromatic carbocycles. The molecule has 0 unspecified atom stereocenters. The average Bonchev–Trinajstić information content (AvgIpc) is 2.33. The van der Waals surface area contributed by atoms with Crippen LogP contribution in [0.4, 0.5) is 0 Å². The summed E-state index contributed by atoms with van der Waals surface area (Å²) < 4.78 is 5.60. The van der Waals surface area contributed by atoms with Crippen molar-refractivity contribution < 1.29 is 4.74 Å². The van der Waals surface area contributed by atoms with Crippen LogP contribution in [0.2, 0.25) is 5.02 Å². The van der Waals surface area contributed by atoms with E-state index in [1.807, 2.05) is 12.1 Å². The van der Waals surface area contributed by atoms with Crippen molar-refractivity contribution in [3.8, 4) is 11.6 Å². The molecule has 0 saturated heterocycles. The third-order valence-electron chi connectivity index (χ3n) is 2.02. The number of nitrogens with zero attached hydrogens (tertiary/aromatic N) is 1. The molecular weight excluding hydrogens is 245 g/mol. The minimum atomic E-state index is 0.372. The molecule has 0 fully saturated rings. The summed E-state index contributed by atoms with van der Waals surface area (Å²) in [4.78, 5) is 4.13. The summed E-state index contributed by atoms with van der Waals surface area (Å²) in [5, 5.41) is 0.672. The third-order valence-corrected chi connectivity index (χ3v) is 2.56. The Bertz CT molecular complexity index is 471. The van der Waals surface area contributed by atoms with Crippen LogP contribution in [-0.2, 0) is 5.88 Å². The number of pyridine rings is 1. The molecule has 0 saturated carbocycles. The first-order chi connectivity index (χ1) is 7.79. The fourth-order valence-corrected chi connectivity index (χ4v) is 1.56. The highest BCUT2D eigenvalue weighted by atomic mass is 35.5. The highest BCUT2D eigenvalue weighted by molar-refractivity contribution is 6.30. The zero-order valence-electron chi connectivity index (χ0n) is 8.36. The molecule has 0 amide bonds. The van der Waals surface area contributed by atoms with Crippen molar-refractivity contribution in [2.45, 2.75) is 5.88 Å². The summed E-state index contributed by atoms with van der Waals surface area (Å²) >= 11 is 11.6. The Morgan fingerprint density at radius 3 is 2.56 bits per heavy atom. The first-order valence-electron chi connectivity index (χ1n) is 4.73. The molecule has 2 rings (SSSR count). The first-order valence-corrected chi connectivity index (χ1v) is 5.64. The van der Waals surface area contributed by atoms with Gasteiger partial charge < -0.3 is 4.74 Å². The van der Waals surface area contributed by atoms with Crippen LogP contribution in [0.25, 0.3) is 0 Å². The number of ether oxygens (including phenoxy) is 1. The average molecular weight is 254 g/mol. The fourth-order valence-electron chi connectivity index (χ4n) is 1.23. The van der Waals surface area contributed by atoms with E-state index in [-0.39, 0.29) is 0 Å². The summed E-state index contributed by atoms with van der Waals surface area (Å²) in [5.74, 6) is 1.59. The number of rotatable bonds is 3. The van der Waals surface area contributed by atoms with Crippen LogP contribution >= 0.6 is 23.2 Å². The maximum atomic E-state index is 5.78. The van der Waals surface area contributed by atoms with Crippen molar-refractivity contribution in [2.75, 3.05) is 0 Å². The molecule has 2 aromatic rings. The van der Waals surface area contributed by atoms with Crippen molar-refractivity contribution >= 4 is 23.2 Å². The molecule has 2 nitrogen and oxygen atoms in total. The lowest BCUT2D eigenvalue weighted by Gasteiger charge is -2.07. The largest absolute Gasteiger partial charge is 0.439 e. The van der Waals surface area contributed by atoms with Gasteiger partial charge in [-0.3, -0.25) is 0 Å². The maximum Gasteiger partial charge on any atom is 0.223 e. The highest BCUT2D eigenvalue weighted by Crippen LogP contribution is 2.24. The molecule has 0 aliphatic rings. The van der Waals surface area contributed by atoms with E-state index < -0.39 is 0 Å². The van der Waals surface area contributed by atoms with E-state index >= 15 is 0 Å². The van der Waals surface area contributed by atoms with Gasteiger partial charge in [-0.25, -0.2) is 4.98 Å². The summed E-state index contributed by atoms with van der Waals surface area (Å²) in [6.07, 6.45) is 1.67. The number of hydrogen-bond acceptors (Lipinski definition) is 2. The fraction of sp³-hybridized carbons (Fsp3) is 0.0833. The second kappa shape index (κ2) is 5.19. The van der Waals surface area contributed by atoms with Gasteiger partial charge in [0.15, 0.2) is 0 Å². The van der Waals surface area contributed by atoms with E-state index in [0.29, 0.717) is 22.5 Å². The van der Waals surface area contributed by atoms with Crippen LogP contribution in [0, 0.1) is 0 Å². The predicted molar refractivity (Wildman–Crippen MR) is 65.3 cm³/mol. The van der Waals surface area contributed by atoms with Gasteiger partial charge in [-0.05, 0) is 30.3 Å². The second-order valence-corrected chi connectivity index (χ2v) is 3.86. The van der Waals surface area contributed by atoms with Crippen LogP contribution in [0.15, 0.2) is 42.6 Å². The van der Waals surface area contributed by atoms with E-state index in [4.69, 9.17) is 27.9 Å². The number of halogens is 2. The van der Waals surface area contributed by atoms with Crippen molar-refractivity contribution in [2.24, 2.45) is 0 Å². The molecule has 1 aromatic heterocycles. The summed E-state index contributed by atoms with van der Waals surface area (Å²) in [7, 11) is 0. The SMILES string of the molecule is ClCc1cccnc1Oc1ccc(Cl)cc1. The Kier molecular flexibility index (Phi) is 3.65. The molecule has 0 spiro atoms. The smallest absolute Gasteiger partial charge is 0.223 e. The standard InChI is InChI=1S/C12H9Cl2NO/c13-8-9-2-1-7-15-12(9)16-11-5-3-10(14)4-6-11/h1-7H,8H2. The molecule has 0 aliphatic carbocycles. The Hall–Kier alpha value is -1.25. The summed E-state index contributed by atoms with van der Waals surface area (Å²) in [5.41, 5.74) is 0.860. The number of hydrogen-bond donors (Lipinski definition) is 0. The molecule has 82 valence electrons. The van der Waals surface area contributed by atoms with Gasteiger partial charge in [-0.15, -0.1) is 11.6 Å². The normalized spacial score (nSPS) is 10.1. The monoisotopic (exact) mass is 253 g/mol. The van der Waals surface area contributed by atoms with Gasteiger partial charge in [0, 0.05) is 16.8 Å². The van der Waals surface area contributed by atoms with Gasteiger partial charge in [-0.1, -0.05) is 17.7 Å². The van der Waals surface area contributed by atoms with E-state index in [9.17, 15) is 0 Å². The summed E-state index contributed by atoms with van der Waals surface area (Å²) in [6, 6.07) is 10.8. The van der Waals surface area contributed by atoms with Gasteiger partial charge in [-0.2, -0.15) is 0 Å². The van der Waals surface area contributed by atoms with Crippen LogP contribution in [0.1, 0.15) is 5.56 Å². The van der Waals surface area contributed by atoms with E-state index in [1.54, 1.807) is 30.5 Å². The number of alkyl halides is 1. The zero-order valence-corrected chi connectivity index (χ0v) is 9.87.